The van der Waals surface area contributed by atoms with Crippen molar-refractivity contribution in [1.82, 2.24) is 0 Å². The second kappa shape index (κ2) is 68.3. The molecule has 1 atom stereocenters. The van der Waals surface area contributed by atoms with Crippen molar-refractivity contribution in [2.45, 2.75) is 367 Å². The van der Waals surface area contributed by atoms with Gasteiger partial charge < -0.3 is 14.2 Å². The molecule has 0 spiro atoms. The predicted octanol–water partition coefficient (Wildman–Crippen LogP) is 24.1. The average Bonchev–Trinajstić information content (AvgIpc) is 3.46. The van der Waals surface area contributed by atoms with E-state index in [2.05, 4.69) is 93.7 Å². The summed E-state index contributed by atoms with van der Waals surface area (Å²) in [5.74, 6) is -0.870. The molecule has 0 saturated carbocycles. The Balaban J connectivity index is 4.24. The lowest BCUT2D eigenvalue weighted by atomic mass is 10.0. The van der Waals surface area contributed by atoms with E-state index < -0.39 is 6.10 Å². The highest BCUT2D eigenvalue weighted by Gasteiger charge is 2.19. The molecular formula is C74H132O6. The fourth-order valence-electron chi connectivity index (χ4n) is 10.2. The highest BCUT2D eigenvalue weighted by atomic mass is 16.6. The molecule has 0 aliphatic carbocycles. The molecule has 0 aromatic rings. The molecule has 464 valence electrons. The summed E-state index contributed by atoms with van der Waals surface area (Å²) >= 11 is 0. The first-order valence-corrected chi connectivity index (χ1v) is 34.9. The van der Waals surface area contributed by atoms with Crippen LogP contribution in [-0.2, 0) is 28.6 Å². The lowest BCUT2D eigenvalue weighted by Gasteiger charge is -2.18. The molecule has 1 unspecified atom stereocenters. The van der Waals surface area contributed by atoms with Crippen LogP contribution in [0.25, 0.3) is 0 Å². The van der Waals surface area contributed by atoms with Crippen LogP contribution in [0.3, 0.4) is 0 Å². The van der Waals surface area contributed by atoms with E-state index in [0.29, 0.717) is 19.3 Å². The number of carbonyl (C=O) groups is 3. The first kappa shape index (κ1) is 76.9. The van der Waals surface area contributed by atoms with Gasteiger partial charge in [0.2, 0.25) is 0 Å². The fraction of sp³-hybridized carbons (Fsp3) is 0.797. The molecule has 80 heavy (non-hydrogen) atoms. The molecule has 0 aliphatic rings. The topological polar surface area (TPSA) is 78.9 Å². The molecule has 0 amide bonds. The van der Waals surface area contributed by atoms with Crippen molar-refractivity contribution < 1.29 is 28.6 Å². The van der Waals surface area contributed by atoms with Crippen LogP contribution in [0.15, 0.2) is 72.9 Å². The van der Waals surface area contributed by atoms with Crippen molar-refractivity contribution in [2.75, 3.05) is 13.2 Å². The summed E-state index contributed by atoms with van der Waals surface area (Å²) in [6.45, 7) is 6.56. The maximum Gasteiger partial charge on any atom is 0.306 e. The van der Waals surface area contributed by atoms with Crippen molar-refractivity contribution in [3.05, 3.63) is 72.9 Å². The average molecular weight is 1120 g/mol. The van der Waals surface area contributed by atoms with E-state index in [1.807, 2.05) is 0 Å². The van der Waals surface area contributed by atoms with Crippen molar-refractivity contribution in [2.24, 2.45) is 0 Å². The van der Waals surface area contributed by atoms with Crippen LogP contribution >= 0.6 is 0 Å². The largest absolute Gasteiger partial charge is 0.462 e. The lowest BCUT2D eigenvalue weighted by molar-refractivity contribution is -0.167. The second-order valence-corrected chi connectivity index (χ2v) is 23.4. The first-order valence-electron chi connectivity index (χ1n) is 34.9. The van der Waals surface area contributed by atoms with Crippen LogP contribution in [0.4, 0.5) is 0 Å². The van der Waals surface area contributed by atoms with Gasteiger partial charge in [-0.05, 0) is 89.9 Å². The van der Waals surface area contributed by atoms with Gasteiger partial charge in [0.1, 0.15) is 13.2 Å². The van der Waals surface area contributed by atoms with Crippen LogP contribution in [-0.4, -0.2) is 37.2 Å². The number of hydrogen-bond donors (Lipinski definition) is 0. The number of esters is 3. The Morgan fingerprint density at radius 3 is 0.762 bits per heavy atom. The van der Waals surface area contributed by atoms with Gasteiger partial charge in [-0.1, -0.05) is 325 Å². The zero-order chi connectivity index (χ0) is 57.8. The molecule has 0 aromatic heterocycles. The van der Waals surface area contributed by atoms with Crippen molar-refractivity contribution in [3.63, 3.8) is 0 Å². The van der Waals surface area contributed by atoms with E-state index in [0.717, 1.165) is 103 Å². The highest BCUT2D eigenvalue weighted by Crippen LogP contribution is 2.18. The molecule has 0 fully saturated rings. The number of rotatable bonds is 64. The first-order chi connectivity index (χ1) is 39.5. The maximum atomic E-state index is 12.9. The highest BCUT2D eigenvalue weighted by molar-refractivity contribution is 5.71. The molecule has 0 bridgehead atoms. The molecule has 0 radical (unpaired) electrons. The minimum Gasteiger partial charge on any atom is -0.462 e. The fourth-order valence-corrected chi connectivity index (χ4v) is 10.2. The van der Waals surface area contributed by atoms with Crippen LogP contribution < -0.4 is 0 Å². The SMILES string of the molecule is CC/C=C\C/C=C\C/C=C\C/C=C\CCCCCCCCC(=O)OC(COC(=O)CCCCCCCCCCCCCCCC)COC(=O)CCCCCCCCCCCCCCCCCCC/C=C\C/C=C\CCCCCCC. The van der Waals surface area contributed by atoms with Gasteiger partial charge in [-0.2, -0.15) is 0 Å². The van der Waals surface area contributed by atoms with Crippen LogP contribution in [0, 0.1) is 0 Å². The Morgan fingerprint density at radius 1 is 0.263 bits per heavy atom. The van der Waals surface area contributed by atoms with Crippen LogP contribution in [0.1, 0.15) is 361 Å². The minimum atomic E-state index is -0.782. The molecular weight excluding hydrogens is 985 g/mol. The summed E-state index contributed by atoms with van der Waals surface area (Å²) < 4.78 is 17.0. The Hall–Kier alpha value is -3.15. The van der Waals surface area contributed by atoms with Gasteiger partial charge in [0.15, 0.2) is 6.10 Å². The number of allylic oxidation sites excluding steroid dienone is 12. The summed E-state index contributed by atoms with van der Waals surface area (Å²) in [7, 11) is 0. The molecule has 0 N–H and O–H groups in total. The van der Waals surface area contributed by atoms with E-state index in [4.69, 9.17) is 14.2 Å². The van der Waals surface area contributed by atoms with Crippen LogP contribution in [0.2, 0.25) is 0 Å². The predicted molar refractivity (Wildman–Crippen MR) is 348 cm³/mol. The molecule has 0 rings (SSSR count). The Kier molecular flexibility index (Phi) is 65.7. The molecule has 6 heteroatoms. The number of unbranched alkanes of at least 4 members (excludes halogenated alkanes) is 41. The summed E-state index contributed by atoms with van der Waals surface area (Å²) in [5, 5.41) is 0. The Bertz CT molecular complexity index is 1470. The third-order valence-electron chi connectivity index (χ3n) is 15.4. The second-order valence-electron chi connectivity index (χ2n) is 23.4. The normalized spacial score (nSPS) is 12.5. The smallest absolute Gasteiger partial charge is 0.306 e. The van der Waals surface area contributed by atoms with Gasteiger partial charge in [-0.3, -0.25) is 14.4 Å². The van der Waals surface area contributed by atoms with E-state index in [9.17, 15) is 14.4 Å². The number of hydrogen-bond acceptors (Lipinski definition) is 6. The van der Waals surface area contributed by atoms with E-state index in [1.54, 1.807) is 0 Å². The van der Waals surface area contributed by atoms with Gasteiger partial charge in [-0.25, -0.2) is 0 Å². The number of carbonyl (C=O) groups excluding carboxylic acids is 3. The third-order valence-corrected chi connectivity index (χ3v) is 15.4. The van der Waals surface area contributed by atoms with E-state index >= 15 is 0 Å². The molecule has 0 saturated heterocycles. The maximum absolute atomic E-state index is 12.9. The zero-order valence-electron chi connectivity index (χ0n) is 53.3. The quantitative estimate of drug-likeness (QED) is 0.0261. The molecule has 0 heterocycles. The standard InChI is InChI=1S/C74H132O6/c1-4-7-10-13-16-19-22-25-28-30-32-33-34-35-36-37-38-39-40-41-43-44-46-49-52-55-58-61-64-67-73(76)79-70-71(69-78-72(75)66-63-60-57-54-51-48-27-24-21-18-15-12-9-6-3)80-74(77)68-65-62-59-56-53-50-47-45-42-31-29-26-23-20-17-14-11-8-5-2/h8,11,17,20,22,25-26,29-30,32,42,45,71H,4-7,9-10,12-16,18-19,21,23-24,27-28,31,33-41,43-44,46-70H2,1-3H3/b11-8-,20-17-,25-22-,29-26-,32-30-,45-42-. The minimum absolute atomic E-state index is 0.0768. The van der Waals surface area contributed by atoms with E-state index in [1.165, 1.54) is 218 Å². The van der Waals surface area contributed by atoms with Gasteiger partial charge in [0.05, 0.1) is 0 Å². The summed E-state index contributed by atoms with van der Waals surface area (Å²) in [5.41, 5.74) is 0. The number of ether oxygens (including phenoxy) is 3. The van der Waals surface area contributed by atoms with Gasteiger partial charge >= 0.3 is 17.9 Å². The molecule has 0 aromatic carbocycles. The molecule has 0 aliphatic heterocycles. The van der Waals surface area contributed by atoms with Crippen LogP contribution in [0.5, 0.6) is 0 Å². The zero-order valence-corrected chi connectivity index (χ0v) is 53.3. The summed E-state index contributed by atoms with van der Waals surface area (Å²) in [6, 6.07) is 0. The molecule has 6 nitrogen and oxygen atoms in total. The monoisotopic (exact) mass is 1120 g/mol. The van der Waals surface area contributed by atoms with Crippen molar-refractivity contribution in [1.29, 1.82) is 0 Å². The van der Waals surface area contributed by atoms with Crippen molar-refractivity contribution >= 4 is 17.9 Å². The summed E-state index contributed by atoms with van der Waals surface area (Å²) in [4.78, 5) is 38.4. The lowest BCUT2D eigenvalue weighted by Crippen LogP contribution is -2.30. The Labute approximate surface area is 497 Å². The van der Waals surface area contributed by atoms with Gasteiger partial charge in [0, 0.05) is 19.3 Å². The van der Waals surface area contributed by atoms with E-state index in [-0.39, 0.29) is 31.1 Å². The Morgan fingerprint density at radius 2 is 0.487 bits per heavy atom. The van der Waals surface area contributed by atoms with Gasteiger partial charge in [-0.15, -0.1) is 0 Å². The van der Waals surface area contributed by atoms with Gasteiger partial charge in [0.25, 0.3) is 0 Å². The third kappa shape index (κ3) is 65.7. The van der Waals surface area contributed by atoms with Crippen molar-refractivity contribution in [3.8, 4) is 0 Å². The summed E-state index contributed by atoms with van der Waals surface area (Å²) in [6.07, 6.45) is 89.3.